The summed E-state index contributed by atoms with van der Waals surface area (Å²) < 4.78 is 57.4. The summed E-state index contributed by atoms with van der Waals surface area (Å²) in [5.74, 6) is 0. The van der Waals surface area contributed by atoms with Gasteiger partial charge >= 0.3 is 6.18 Å². The minimum atomic E-state index is -5.03. The largest absolute Gasteiger partial charge is 0.414 e. The number of sulfonamides is 1. The van der Waals surface area contributed by atoms with E-state index in [4.69, 9.17) is 0 Å². The van der Waals surface area contributed by atoms with E-state index in [2.05, 4.69) is 10.1 Å². The minimum Gasteiger partial charge on any atom is -0.259 e. The number of aromatic nitrogens is 1. The molecule has 16 heavy (non-hydrogen) atoms. The first kappa shape index (κ1) is 12.9. The Labute approximate surface area is 90.3 Å². The van der Waals surface area contributed by atoms with Gasteiger partial charge < -0.3 is 0 Å². The lowest BCUT2D eigenvalue weighted by molar-refractivity contribution is -0.160. The SMILES string of the molecule is CC(c1ccccn1)(C(F)(F)F)S(N)(=O)=O. The molecule has 0 bridgehead atoms. The van der Waals surface area contributed by atoms with Gasteiger partial charge in [-0.2, -0.15) is 13.2 Å². The van der Waals surface area contributed by atoms with Crippen molar-refractivity contribution in [3.63, 3.8) is 0 Å². The van der Waals surface area contributed by atoms with Crippen LogP contribution in [0, 0.1) is 0 Å². The van der Waals surface area contributed by atoms with Gasteiger partial charge in [-0.1, -0.05) is 6.07 Å². The molecule has 0 aliphatic rings. The predicted octanol–water partition coefficient (Wildman–Crippen LogP) is 1.15. The lowest BCUT2D eigenvalue weighted by Gasteiger charge is -2.28. The molecule has 0 fully saturated rings. The number of alkyl halides is 3. The number of hydrogen-bond donors (Lipinski definition) is 1. The van der Waals surface area contributed by atoms with Crippen molar-refractivity contribution in [2.24, 2.45) is 5.14 Å². The highest BCUT2D eigenvalue weighted by molar-refractivity contribution is 7.90. The standard InChI is InChI=1S/C8H9F3N2O2S/c1-7(8(9,10)11,16(12,14)15)6-4-2-3-5-13-6/h2-5H,1H3,(H2,12,14,15). The van der Waals surface area contributed by atoms with Crippen molar-refractivity contribution >= 4 is 10.0 Å². The van der Waals surface area contributed by atoms with E-state index in [1.54, 1.807) is 0 Å². The molecular weight excluding hydrogens is 245 g/mol. The molecule has 0 spiro atoms. The summed E-state index contributed by atoms with van der Waals surface area (Å²) >= 11 is 0. The van der Waals surface area contributed by atoms with Gasteiger partial charge in [0.05, 0.1) is 5.69 Å². The number of halogens is 3. The third kappa shape index (κ3) is 1.90. The van der Waals surface area contributed by atoms with E-state index in [9.17, 15) is 21.6 Å². The number of primary sulfonamides is 1. The summed E-state index contributed by atoms with van der Waals surface area (Å²) in [6.07, 6.45) is -3.96. The summed E-state index contributed by atoms with van der Waals surface area (Å²) in [6.45, 7) is 0.491. The smallest absolute Gasteiger partial charge is 0.259 e. The summed E-state index contributed by atoms with van der Waals surface area (Å²) in [4.78, 5) is 3.40. The molecule has 1 heterocycles. The highest BCUT2D eigenvalue weighted by Gasteiger charge is 2.61. The minimum absolute atomic E-state index is 0.491. The molecule has 8 heteroatoms. The molecule has 0 saturated heterocycles. The molecular formula is C8H9F3N2O2S. The fraction of sp³-hybridized carbons (Fsp3) is 0.375. The van der Waals surface area contributed by atoms with Crippen molar-refractivity contribution in [2.75, 3.05) is 0 Å². The Hall–Kier alpha value is -1.15. The lowest BCUT2D eigenvalue weighted by atomic mass is 10.1. The molecule has 1 rings (SSSR count). The van der Waals surface area contributed by atoms with Crippen LogP contribution in [0.4, 0.5) is 13.2 Å². The van der Waals surface area contributed by atoms with Crippen LogP contribution in [-0.2, 0) is 14.8 Å². The van der Waals surface area contributed by atoms with Gasteiger partial charge in [-0.05, 0) is 19.1 Å². The Morgan fingerprint density at radius 2 is 1.88 bits per heavy atom. The fourth-order valence-electron chi connectivity index (χ4n) is 1.10. The number of nitrogens with two attached hydrogens (primary N) is 1. The number of nitrogens with zero attached hydrogens (tertiary/aromatic N) is 1. The predicted molar refractivity (Wildman–Crippen MR) is 50.8 cm³/mol. The number of pyridine rings is 1. The molecule has 0 radical (unpaired) electrons. The van der Waals surface area contributed by atoms with Gasteiger partial charge in [0.15, 0.2) is 0 Å². The highest BCUT2D eigenvalue weighted by Crippen LogP contribution is 2.42. The Balaban J connectivity index is 3.52. The van der Waals surface area contributed by atoms with Crippen molar-refractivity contribution < 1.29 is 21.6 Å². The summed E-state index contributed by atoms with van der Waals surface area (Å²) in [5, 5.41) is 4.64. The second kappa shape index (κ2) is 3.70. The van der Waals surface area contributed by atoms with E-state index < -0.39 is 26.6 Å². The zero-order valence-corrected chi connectivity index (χ0v) is 9.01. The first-order chi connectivity index (χ1) is 7.11. The Kier molecular flexibility index (Phi) is 2.99. The van der Waals surface area contributed by atoms with Crippen LogP contribution in [0.2, 0.25) is 0 Å². The fourth-order valence-corrected chi connectivity index (χ4v) is 1.83. The molecule has 0 aliphatic heterocycles. The molecule has 90 valence electrons. The number of hydrogen-bond acceptors (Lipinski definition) is 3. The maximum absolute atomic E-state index is 12.8. The molecule has 0 saturated carbocycles. The monoisotopic (exact) mass is 254 g/mol. The van der Waals surface area contributed by atoms with Crippen LogP contribution >= 0.6 is 0 Å². The van der Waals surface area contributed by atoms with Gasteiger partial charge in [-0.3, -0.25) is 4.98 Å². The average Bonchev–Trinajstić information content (AvgIpc) is 2.14. The third-order valence-corrected chi connectivity index (χ3v) is 3.84. The third-order valence-electron chi connectivity index (χ3n) is 2.26. The van der Waals surface area contributed by atoms with Crippen molar-refractivity contribution in [1.29, 1.82) is 0 Å². The van der Waals surface area contributed by atoms with Gasteiger partial charge in [-0.15, -0.1) is 0 Å². The number of rotatable bonds is 2. The molecule has 1 unspecified atom stereocenters. The van der Waals surface area contributed by atoms with Crippen LogP contribution < -0.4 is 5.14 Å². The van der Waals surface area contributed by atoms with Crippen LogP contribution in [-0.4, -0.2) is 19.6 Å². The molecule has 1 atom stereocenters. The van der Waals surface area contributed by atoms with Crippen LogP contribution in [0.25, 0.3) is 0 Å². The van der Waals surface area contributed by atoms with Crippen molar-refractivity contribution in [1.82, 2.24) is 4.98 Å². The van der Waals surface area contributed by atoms with E-state index >= 15 is 0 Å². The summed E-state index contributed by atoms with van der Waals surface area (Å²) in [5.41, 5.74) is -0.648. The van der Waals surface area contributed by atoms with Crippen molar-refractivity contribution in [2.45, 2.75) is 17.8 Å². The maximum Gasteiger partial charge on any atom is 0.414 e. The molecule has 4 nitrogen and oxygen atoms in total. The van der Waals surface area contributed by atoms with Crippen molar-refractivity contribution in [3.05, 3.63) is 30.1 Å². The zero-order valence-electron chi connectivity index (χ0n) is 8.19. The maximum atomic E-state index is 12.8. The van der Waals surface area contributed by atoms with Crippen LogP contribution in [0.3, 0.4) is 0 Å². The molecule has 1 aromatic heterocycles. The van der Waals surface area contributed by atoms with Gasteiger partial charge in [0.25, 0.3) is 0 Å². The van der Waals surface area contributed by atoms with Gasteiger partial charge in [-0.25, -0.2) is 13.6 Å². The van der Waals surface area contributed by atoms with Crippen LogP contribution in [0.1, 0.15) is 12.6 Å². The van der Waals surface area contributed by atoms with Gasteiger partial charge in [0.2, 0.25) is 14.8 Å². The topological polar surface area (TPSA) is 73.0 Å². The normalized spacial score (nSPS) is 16.8. The summed E-state index contributed by atoms with van der Waals surface area (Å²) in [7, 11) is -4.86. The molecule has 0 aromatic carbocycles. The Bertz CT molecular complexity index is 472. The average molecular weight is 254 g/mol. The highest BCUT2D eigenvalue weighted by atomic mass is 32.2. The van der Waals surface area contributed by atoms with Crippen molar-refractivity contribution in [3.8, 4) is 0 Å². The van der Waals surface area contributed by atoms with Crippen LogP contribution in [0.5, 0.6) is 0 Å². The zero-order chi connectivity index (χ0) is 12.6. The molecule has 1 aromatic rings. The lowest BCUT2D eigenvalue weighted by Crippen LogP contribution is -2.50. The van der Waals surface area contributed by atoms with E-state index in [1.165, 1.54) is 12.1 Å². The van der Waals surface area contributed by atoms with E-state index in [1.807, 2.05) is 0 Å². The molecule has 2 N–H and O–H groups in total. The Morgan fingerprint density at radius 1 is 1.31 bits per heavy atom. The van der Waals surface area contributed by atoms with Crippen LogP contribution in [0.15, 0.2) is 24.4 Å². The second-order valence-corrected chi connectivity index (χ2v) is 5.20. The summed E-state index contributed by atoms with van der Waals surface area (Å²) in [6, 6.07) is 3.61. The van der Waals surface area contributed by atoms with E-state index in [0.29, 0.717) is 6.92 Å². The first-order valence-electron chi connectivity index (χ1n) is 4.11. The molecule has 0 amide bonds. The first-order valence-corrected chi connectivity index (χ1v) is 5.66. The quantitative estimate of drug-likeness (QED) is 0.860. The Morgan fingerprint density at radius 3 is 2.19 bits per heavy atom. The molecule has 0 aliphatic carbocycles. The van der Waals surface area contributed by atoms with Gasteiger partial charge in [0, 0.05) is 6.20 Å². The van der Waals surface area contributed by atoms with Gasteiger partial charge in [0.1, 0.15) is 0 Å². The van der Waals surface area contributed by atoms with E-state index in [0.717, 1.165) is 12.3 Å². The van der Waals surface area contributed by atoms with E-state index in [-0.39, 0.29) is 0 Å². The second-order valence-electron chi connectivity index (χ2n) is 3.29.